The number of methoxy groups -OCH3 is 2. The number of thioether (sulfide) groups is 1. The Labute approximate surface area is 158 Å². The van der Waals surface area contributed by atoms with Gasteiger partial charge in [-0.15, -0.1) is 0 Å². The van der Waals surface area contributed by atoms with E-state index < -0.39 is 5.91 Å². The molecule has 1 N–H and O–H groups in total. The highest BCUT2D eigenvalue weighted by Gasteiger charge is 2.25. The summed E-state index contributed by atoms with van der Waals surface area (Å²) in [6.45, 7) is 0. The van der Waals surface area contributed by atoms with Gasteiger partial charge in [0, 0.05) is 18.2 Å². The molecule has 0 aliphatic carbocycles. The van der Waals surface area contributed by atoms with Gasteiger partial charge in [0.05, 0.1) is 30.5 Å². The van der Waals surface area contributed by atoms with Crippen molar-refractivity contribution in [2.45, 2.75) is 0 Å². The summed E-state index contributed by atoms with van der Waals surface area (Å²) < 4.78 is 12.4. The Balaban J connectivity index is 1.81. The van der Waals surface area contributed by atoms with Crippen molar-refractivity contribution in [3.05, 3.63) is 47.3 Å². The Morgan fingerprint density at radius 2 is 1.85 bits per heavy atom. The van der Waals surface area contributed by atoms with Crippen LogP contribution in [-0.2, 0) is 4.79 Å². The molecule has 4 rings (SSSR count). The first-order valence-corrected chi connectivity index (χ1v) is 8.71. The number of aromatic nitrogens is 3. The lowest BCUT2D eigenvalue weighted by molar-refractivity contribution is -0.115. The van der Waals surface area contributed by atoms with Crippen molar-refractivity contribution < 1.29 is 19.1 Å². The first kappa shape index (κ1) is 17.1. The minimum Gasteiger partial charge on any atom is -0.497 e. The molecule has 0 spiro atoms. The van der Waals surface area contributed by atoms with Crippen LogP contribution in [0.25, 0.3) is 22.9 Å². The lowest BCUT2D eigenvalue weighted by Crippen LogP contribution is -2.17. The maximum absolute atomic E-state index is 11.7. The number of nitrogens with zero attached hydrogens (tertiary/aromatic N) is 3. The third-order valence-electron chi connectivity index (χ3n) is 3.95. The fraction of sp³-hybridized carbons (Fsp3) is 0.111. The lowest BCUT2D eigenvalue weighted by atomic mass is 10.2. The van der Waals surface area contributed by atoms with Gasteiger partial charge in [0.15, 0.2) is 5.65 Å². The number of hydrogen-bond donors (Lipinski definition) is 1. The number of pyridine rings is 1. The quantitative estimate of drug-likeness (QED) is 0.693. The second-order valence-electron chi connectivity index (χ2n) is 5.62. The molecule has 1 aromatic carbocycles. The summed E-state index contributed by atoms with van der Waals surface area (Å²) in [5, 5.41) is 1.84. The first-order valence-electron chi connectivity index (χ1n) is 7.90. The topological polar surface area (TPSA) is 95.3 Å². The molecular formula is C18H14N4O4S. The van der Waals surface area contributed by atoms with Crippen LogP contribution in [0.1, 0.15) is 5.69 Å². The van der Waals surface area contributed by atoms with Crippen molar-refractivity contribution in [2.24, 2.45) is 0 Å². The molecule has 0 radical (unpaired) electrons. The molecule has 27 heavy (non-hydrogen) atoms. The highest BCUT2D eigenvalue weighted by Crippen LogP contribution is 2.28. The maximum Gasteiger partial charge on any atom is 0.290 e. The third-order valence-corrected chi connectivity index (χ3v) is 4.76. The Morgan fingerprint density at radius 3 is 2.48 bits per heavy atom. The van der Waals surface area contributed by atoms with E-state index in [0.29, 0.717) is 33.3 Å². The van der Waals surface area contributed by atoms with Gasteiger partial charge < -0.3 is 9.47 Å². The number of rotatable bonds is 4. The van der Waals surface area contributed by atoms with Gasteiger partial charge in [0.25, 0.3) is 11.1 Å². The van der Waals surface area contributed by atoms with Crippen LogP contribution >= 0.6 is 11.8 Å². The highest BCUT2D eigenvalue weighted by molar-refractivity contribution is 8.18. The van der Waals surface area contributed by atoms with E-state index in [-0.39, 0.29) is 5.24 Å². The number of nitrogens with one attached hydrogen (secondary N) is 1. The standard InChI is InChI=1S/C18H14N4O4S/c1-25-12-6-11(7-13(8-12)26-2)22-9-19-14-4-3-10(20-16(14)22)5-15-17(23)21-18(24)27-15/h3-9H,1-2H3,(H,21,23,24). The number of amides is 2. The van der Waals surface area contributed by atoms with E-state index >= 15 is 0 Å². The van der Waals surface area contributed by atoms with Crippen LogP contribution in [0, 0.1) is 0 Å². The number of imidazole rings is 1. The van der Waals surface area contributed by atoms with E-state index in [9.17, 15) is 9.59 Å². The zero-order valence-electron chi connectivity index (χ0n) is 14.4. The van der Waals surface area contributed by atoms with Crippen molar-refractivity contribution in [2.75, 3.05) is 14.2 Å². The van der Waals surface area contributed by atoms with Crippen LogP contribution < -0.4 is 14.8 Å². The summed E-state index contributed by atoms with van der Waals surface area (Å²) in [7, 11) is 3.16. The van der Waals surface area contributed by atoms with Gasteiger partial charge >= 0.3 is 0 Å². The van der Waals surface area contributed by atoms with E-state index in [1.54, 1.807) is 43.3 Å². The lowest BCUT2D eigenvalue weighted by Gasteiger charge is -2.09. The van der Waals surface area contributed by atoms with E-state index in [2.05, 4.69) is 15.3 Å². The Hall–Kier alpha value is -3.33. The summed E-state index contributed by atoms with van der Waals surface area (Å²) in [6.07, 6.45) is 3.23. The summed E-state index contributed by atoms with van der Waals surface area (Å²) in [5.41, 5.74) is 2.62. The summed E-state index contributed by atoms with van der Waals surface area (Å²) in [5.74, 6) is 0.863. The van der Waals surface area contributed by atoms with E-state index in [1.807, 2.05) is 18.2 Å². The minimum atomic E-state index is -0.419. The van der Waals surface area contributed by atoms with Gasteiger partial charge in [-0.25, -0.2) is 9.97 Å². The van der Waals surface area contributed by atoms with E-state index in [4.69, 9.17) is 9.47 Å². The molecule has 0 atom stereocenters. The van der Waals surface area contributed by atoms with Crippen molar-refractivity contribution in [3.8, 4) is 17.2 Å². The van der Waals surface area contributed by atoms with Gasteiger partial charge in [0.2, 0.25) is 0 Å². The van der Waals surface area contributed by atoms with Crippen LogP contribution in [0.4, 0.5) is 4.79 Å². The van der Waals surface area contributed by atoms with Crippen molar-refractivity contribution >= 4 is 40.1 Å². The minimum absolute atomic E-state index is 0.306. The number of imide groups is 1. The normalized spacial score (nSPS) is 15.4. The first-order chi connectivity index (χ1) is 13.1. The van der Waals surface area contributed by atoms with Crippen LogP contribution in [0.5, 0.6) is 11.5 Å². The molecule has 3 heterocycles. The average Bonchev–Trinajstić information content (AvgIpc) is 3.23. The molecule has 8 nitrogen and oxygen atoms in total. The molecule has 0 bridgehead atoms. The Kier molecular flexibility index (Phi) is 4.28. The SMILES string of the molecule is COc1cc(OC)cc(-n2cnc3ccc(C=C4SC(=O)NC4=O)nc32)c1. The summed E-state index contributed by atoms with van der Waals surface area (Å²) in [6, 6.07) is 9.01. The average molecular weight is 382 g/mol. The smallest absolute Gasteiger partial charge is 0.290 e. The summed E-state index contributed by atoms with van der Waals surface area (Å²) >= 11 is 0.852. The van der Waals surface area contributed by atoms with Gasteiger partial charge in [-0.2, -0.15) is 0 Å². The van der Waals surface area contributed by atoms with Gasteiger partial charge in [-0.1, -0.05) is 0 Å². The number of ether oxygens (including phenoxy) is 2. The molecule has 0 saturated carbocycles. The predicted molar refractivity (Wildman–Crippen MR) is 101 cm³/mol. The summed E-state index contributed by atoms with van der Waals surface area (Å²) in [4.78, 5) is 32.3. The zero-order chi connectivity index (χ0) is 19.0. The van der Waals surface area contributed by atoms with Gasteiger partial charge in [0.1, 0.15) is 23.3 Å². The Morgan fingerprint density at radius 1 is 1.11 bits per heavy atom. The van der Waals surface area contributed by atoms with Crippen molar-refractivity contribution in [3.63, 3.8) is 0 Å². The van der Waals surface area contributed by atoms with Crippen LogP contribution in [-0.4, -0.2) is 39.9 Å². The molecule has 1 saturated heterocycles. The number of hydrogen-bond acceptors (Lipinski definition) is 7. The van der Waals surface area contributed by atoms with Crippen molar-refractivity contribution in [1.82, 2.24) is 19.9 Å². The molecule has 0 unspecified atom stereocenters. The largest absolute Gasteiger partial charge is 0.497 e. The molecular weight excluding hydrogens is 368 g/mol. The molecule has 1 fully saturated rings. The molecule has 136 valence electrons. The monoisotopic (exact) mass is 382 g/mol. The van der Waals surface area contributed by atoms with Crippen LogP contribution in [0.3, 0.4) is 0 Å². The number of carbonyl (C=O) groups is 2. The molecule has 9 heteroatoms. The fourth-order valence-corrected chi connectivity index (χ4v) is 3.33. The van der Waals surface area contributed by atoms with Crippen molar-refractivity contribution in [1.29, 1.82) is 0 Å². The molecule has 1 aliphatic rings. The molecule has 2 aromatic heterocycles. The Bertz CT molecular complexity index is 1080. The van der Waals surface area contributed by atoms with Gasteiger partial charge in [-0.3, -0.25) is 19.5 Å². The number of benzene rings is 1. The molecule has 1 aliphatic heterocycles. The molecule has 3 aromatic rings. The number of fused-ring (bicyclic) bond motifs is 1. The van der Waals surface area contributed by atoms with E-state index in [1.165, 1.54) is 0 Å². The molecule has 2 amide bonds. The number of carbonyl (C=O) groups excluding carboxylic acids is 2. The second-order valence-corrected chi connectivity index (χ2v) is 6.63. The maximum atomic E-state index is 11.7. The fourth-order valence-electron chi connectivity index (χ4n) is 2.66. The van der Waals surface area contributed by atoms with E-state index in [0.717, 1.165) is 17.4 Å². The predicted octanol–water partition coefficient (Wildman–Crippen LogP) is 2.76. The van der Waals surface area contributed by atoms with Gasteiger partial charge in [-0.05, 0) is 30.0 Å². The highest BCUT2D eigenvalue weighted by atomic mass is 32.2. The van der Waals surface area contributed by atoms with Crippen LogP contribution in [0.2, 0.25) is 0 Å². The van der Waals surface area contributed by atoms with Crippen LogP contribution in [0.15, 0.2) is 41.6 Å². The third kappa shape index (κ3) is 3.24. The zero-order valence-corrected chi connectivity index (χ0v) is 15.2. The second kappa shape index (κ2) is 6.76.